The molecule has 1 amide bonds. The van der Waals surface area contributed by atoms with Gasteiger partial charge in [-0.2, -0.15) is 0 Å². The van der Waals surface area contributed by atoms with Crippen molar-refractivity contribution in [2.45, 2.75) is 18.9 Å². The first kappa shape index (κ1) is 18.4. The molecule has 0 bridgehead atoms. The van der Waals surface area contributed by atoms with Crippen LogP contribution in [0.3, 0.4) is 0 Å². The van der Waals surface area contributed by atoms with E-state index in [4.69, 9.17) is 4.74 Å². The Morgan fingerprint density at radius 1 is 1.23 bits per heavy atom. The van der Waals surface area contributed by atoms with Gasteiger partial charge < -0.3 is 19.3 Å². The Labute approximate surface area is 152 Å². The summed E-state index contributed by atoms with van der Waals surface area (Å²) < 4.78 is 7.35. The number of aliphatic hydroxyl groups is 1. The number of rotatable bonds is 4. The van der Waals surface area contributed by atoms with Gasteiger partial charge in [0.2, 0.25) is 0 Å². The third-order valence-corrected chi connectivity index (χ3v) is 4.98. The molecule has 6 nitrogen and oxygen atoms in total. The van der Waals surface area contributed by atoms with Crippen molar-refractivity contribution in [1.82, 2.24) is 9.47 Å². The standard InChI is InChI=1S/C20H24N2O4/c1-15-8-9-17(18(24)21(15)2)19(25)22-10-11-26-20(13-22,14-23)12-16-6-4-3-5-7-16/h3-9,23H,10-14H2,1-2H3/t20-/m1/s1. The van der Waals surface area contributed by atoms with Gasteiger partial charge in [0.15, 0.2) is 0 Å². The van der Waals surface area contributed by atoms with Gasteiger partial charge in [-0.05, 0) is 24.6 Å². The molecule has 1 aromatic heterocycles. The Morgan fingerprint density at radius 3 is 2.65 bits per heavy atom. The monoisotopic (exact) mass is 356 g/mol. The molecule has 0 spiro atoms. The molecule has 2 heterocycles. The van der Waals surface area contributed by atoms with E-state index >= 15 is 0 Å². The summed E-state index contributed by atoms with van der Waals surface area (Å²) in [6.07, 6.45) is 0.500. The first-order chi connectivity index (χ1) is 12.5. The van der Waals surface area contributed by atoms with Crippen LogP contribution in [0.15, 0.2) is 47.3 Å². The smallest absolute Gasteiger partial charge is 0.263 e. The molecule has 0 aliphatic carbocycles. The molecule has 0 saturated carbocycles. The van der Waals surface area contributed by atoms with Crippen molar-refractivity contribution in [2.75, 3.05) is 26.3 Å². The Hall–Kier alpha value is -2.44. The molecule has 0 radical (unpaired) electrons. The number of benzene rings is 1. The zero-order valence-electron chi connectivity index (χ0n) is 15.1. The number of aliphatic hydroxyl groups excluding tert-OH is 1. The normalized spacial score (nSPS) is 20.2. The van der Waals surface area contributed by atoms with E-state index in [1.807, 2.05) is 37.3 Å². The zero-order chi connectivity index (χ0) is 18.7. The number of amides is 1. The van der Waals surface area contributed by atoms with E-state index in [-0.39, 0.29) is 30.2 Å². The summed E-state index contributed by atoms with van der Waals surface area (Å²) in [6.45, 7) is 2.59. The van der Waals surface area contributed by atoms with Crippen LogP contribution >= 0.6 is 0 Å². The molecule has 1 fully saturated rings. The summed E-state index contributed by atoms with van der Waals surface area (Å²) in [5.74, 6) is -0.320. The maximum Gasteiger partial charge on any atom is 0.263 e. The Kier molecular flexibility index (Phi) is 5.25. The topological polar surface area (TPSA) is 71.8 Å². The lowest BCUT2D eigenvalue weighted by molar-refractivity contribution is -0.123. The van der Waals surface area contributed by atoms with Crippen molar-refractivity contribution in [3.8, 4) is 0 Å². The lowest BCUT2D eigenvalue weighted by Crippen LogP contribution is -2.57. The molecular weight excluding hydrogens is 332 g/mol. The summed E-state index contributed by atoms with van der Waals surface area (Å²) in [6, 6.07) is 13.1. The van der Waals surface area contributed by atoms with Crippen molar-refractivity contribution >= 4 is 5.91 Å². The van der Waals surface area contributed by atoms with Gasteiger partial charge in [0.05, 0.1) is 19.8 Å². The molecule has 6 heteroatoms. The van der Waals surface area contributed by atoms with Crippen LogP contribution in [-0.2, 0) is 18.2 Å². The van der Waals surface area contributed by atoms with Crippen molar-refractivity contribution in [3.05, 3.63) is 69.6 Å². The molecule has 2 aromatic rings. The molecule has 1 aliphatic heterocycles. The van der Waals surface area contributed by atoms with Crippen LogP contribution in [-0.4, -0.2) is 52.4 Å². The van der Waals surface area contributed by atoms with E-state index in [0.717, 1.165) is 11.3 Å². The van der Waals surface area contributed by atoms with E-state index in [9.17, 15) is 14.7 Å². The van der Waals surface area contributed by atoms with Crippen LogP contribution in [0.2, 0.25) is 0 Å². The molecule has 138 valence electrons. The summed E-state index contributed by atoms with van der Waals surface area (Å²) in [7, 11) is 1.65. The molecular formula is C20H24N2O4. The molecule has 1 N–H and O–H groups in total. The van der Waals surface area contributed by atoms with Gasteiger partial charge in [-0.1, -0.05) is 30.3 Å². The quantitative estimate of drug-likeness (QED) is 0.892. The van der Waals surface area contributed by atoms with E-state index < -0.39 is 5.60 Å². The molecule has 1 atom stereocenters. The van der Waals surface area contributed by atoms with Crippen LogP contribution in [0.5, 0.6) is 0 Å². The first-order valence-electron chi connectivity index (χ1n) is 8.70. The molecule has 1 saturated heterocycles. The number of aromatic nitrogens is 1. The van der Waals surface area contributed by atoms with Crippen LogP contribution in [0.4, 0.5) is 0 Å². The summed E-state index contributed by atoms with van der Waals surface area (Å²) in [5, 5.41) is 9.98. The highest BCUT2D eigenvalue weighted by Gasteiger charge is 2.38. The highest BCUT2D eigenvalue weighted by atomic mass is 16.5. The minimum atomic E-state index is -0.856. The van der Waals surface area contributed by atoms with Crippen LogP contribution in [0.1, 0.15) is 21.6 Å². The summed E-state index contributed by atoms with van der Waals surface area (Å²) in [5.41, 5.74) is 0.806. The number of carbonyl (C=O) groups excluding carboxylic acids is 1. The van der Waals surface area contributed by atoms with Crippen molar-refractivity contribution < 1.29 is 14.6 Å². The number of hydrogen-bond acceptors (Lipinski definition) is 4. The maximum atomic E-state index is 12.9. The third kappa shape index (κ3) is 3.57. The van der Waals surface area contributed by atoms with Gasteiger partial charge in [0.1, 0.15) is 11.2 Å². The third-order valence-electron chi connectivity index (χ3n) is 4.98. The fourth-order valence-electron chi connectivity index (χ4n) is 3.31. The van der Waals surface area contributed by atoms with Gasteiger partial charge in [-0.25, -0.2) is 0 Å². The average molecular weight is 356 g/mol. The van der Waals surface area contributed by atoms with E-state index in [0.29, 0.717) is 19.6 Å². The second-order valence-electron chi connectivity index (χ2n) is 6.83. The predicted octanol–water partition coefficient (Wildman–Crippen LogP) is 1.14. The van der Waals surface area contributed by atoms with Gasteiger partial charge in [-0.3, -0.25) is 9.59 Å². The summed E-state index contributed by atoms with van der Waals surface area (Å²) in [4.78, 5) is 27.0. The Balaban J connectivity index is 1.84. The SMILES string of the molecule is Cc1ccc(C(=O)N2CCO[C@](CO)(Cc3ccccc3)C2)c(=O)n1C. The predicted molar refractivity (Wildman–Crippen MR) is 98.2 cm³/mol. The van der Waals surface area contributed by atoms with Gasteiger partial charge >= 0.3 is 0 Å². The molecule has 1 aliphatic rings. The lowest BCUT2D eigenvalue weighted by Gasteiger charge is -2.41. The zero-order valence-corrected chi connectivity index (χ0v) is 15.1. The molecule has 3 rings (SSSR count). The molecule has 0 unspecified atom stereocenters. The molecule has 26 heavy (non-hydrogen) atoms. The fourth-order valence-corrected chi connectivity index (χ4v) is 3.31. The van der Waals surface area contributed by atoms with Crippen LogP contribution in [0, 0.1) is 6.92 Å². The number of carbonyl (C=O) groups is 1. The number of nitrogens with zero attached hydrogens (tertiary/aromatic N) is 2. The highest BCUT2D eigenvalue weighted by Crippen LogP contribution is 2.24. The van der Waals surface area contributed by atoms with Crippen molar-refractivity contribution in [3.63, 3.8) is 0 Å². The summed E-state index contributed by atoms with van der Waals surface area (Å²) >= 11 is 0. The first-order valence-corrected chi connectivity index (χ1v) is 8.70. The van der Waals surface area contributed by atoms with Crippen LogP contribution < -0.4 is 5.56 Å². The minimum Gasteiger partial charge on any atom is -0.393 e. The number of hydrogen-bond donors (Lipinski definition) is 1. The van der Waals surface area contributed by atoms with Gasteiger partial charge in [0.25, 0.3) is 11.5 Å². The minimum absolute atomic E-state index is 0.145. The highest BCUT2D eigenvalue weighted by molar-refractivity contribution is 5.94. The van der Waals surface area contributed by atoms with Gasteiger partial charge in [-0.15, -0.1) is 0 Å². The number of ether oxygens (including phenoxy) is 1. The number of pyridine rings is 1. The maximum absolute atomic E-state index is 12.9. The number of morpholine rings is 1. The van der Waals surface area contributed by atoms with Gasteiger partial charge in [0, 0.05) is 25.7 Å². The van der Waals surface area contributed by atoms with Crippen LogP contribution in [0.25, 0.3) is 0 Å². The van der Waals surface area contributed by atoms with E-state index in [1.165, 1.54) is 4.57 Å². The van der Waals surface area contributed by atoms with E-state index in [1.54, 1.807) is 24.1 Å². The Bertz CT molecular complexity index is 847. The average Bonchev–Trinajstić information content (AvgIpc) is 2.67. The molecule has 1 aromatic carbocycles. The van der Waals surface area contributed by atoms with Crippen molar-refractivity contribution in [2.24, 2.45) is 7.05 Å². The van der Waals surface area contributed by atoms with Crippen molar-refractivity contribution in [1.29, 1.82) is 0 Å². The second-order valence-corrected chi connectivity index (χ2v) is 6.83. The van der Waals surface area contributed by atoms with E-state index in [2.05, 4.69) is 0 Å². The fraction of sp³-hybridized carbons (Fsp3) is 0.400. The Morgan fingerprint density at radius 2 is 1.96 bits per heavy atom. The lowest BCUT2D eigenvalue weighted by atomic mass is 9.93. The largest absolute Gasteiger partial charge is 0.393 e. The number of aryl methyl sites for hydroxylation is 1. The second kappa shape index (κ2) is 7.43.